The fraction of sp³-hybridized carbons (Fsp3) is 0.476. The number of rotatable bonds is 13. The number of hydrogen-bond donors (Lipinski definition) is 0. The van der Waals surface area contributed by atoms with Gasteiger partial charge in [-0.1, -0.05) is 75.9 Å². The van der Waals surface area contributed by atoms with Crippen LogP contribution in [0.4, 0.5) is 0 Å². The van der Waals surface area contributed by atoms with Gasteiger partial charge in [-0.25, -0.2) is 0 Å². The summed E-state index contributed by atoms with van der Waals surface area (Å²) in [5.74, 6) is -3.68. The Bertz CT molecular complexity index is 635. The molecule has 0 spiro atoms. The minimum absolute atomic E-state index is 0.158. The number of hydrogen-bond acceptors (Lipinski definition) is 5. The second-order valence-electron chi connectivity index (χ2n) is 6.56. The standard InChI is InChI=1S/C21H28O5/c1-3-4-5-6-7-11-14-18(22)15-21(20(25)26,16(2)19(23)24)17-12-9-8-10-13-17/h8-10,12-13H,2-7,11,14-15H2,1H3,(H,23,24)(H,25,26)/p-2. The van der Waals surface area contributed by atoms with Gasteiger partial charge in [0.15, 0.2) is 0 Å². The number of Topliss-reactive ketones (excluding diaryl/α,β-unsaturated/α-hetero) is 1. The summed E-state index contributed by atoms with van der Waals surface area (Å²) in [4.78, 5) is 35.7. The lowest BCUT2D eigenvalue weighted by atomic mass is 9.70. The number of unbranched alkanes of at least 4 members (excludes halogenated alkanes) is 5. The highest BCUT2D eigenvalue weighted by Crippen LogP contribution is 2.35. The molecule has 0 saturated heterocycles. The Morgan fingerprint density at radius 2 is 1.54 bits per heavy atom. The first-order valence-corrected chi connectivity index (χ1v) is 9.05. The average molecular weight is 358 g/mol. The van der Waals surface area contributed by atoms with E-state index in [0.29, 0.717) is 6.42 Å². The van der Waals surface area contributed by atoms with Crippen LogP contribution in [-0.2, 0) is 19.8 Å². The molecule has 5 heteroatoms. The lowest BCUT2D eigenvalue weighted by Gasteiger charge is -2.37. The van der Waals surface area contributed by atoms with E-state index in [1.54, 1.807) is 18.2 Å². The molecule has 0 amide bonds. The fourth-order valence-corrected chi connectivity index (χ4v) is 3.08. The molecule has 0 aliphatic rings. The highest BCUT2D eigenvalue weighted by atomic mass is 16.4. The highest BCUT2D eigenvalue weighted by molar-refractivity contribution is 6.01. The summed E-state index contributed by atoms with van der Waals surface area (Å²) >= 11 is 0. The van der Waals surface area contributed by atoms with Crippen molar-refractivity contribution in [2.75, 3.05) is 0 Å². The third kappa shape index (κ3) is 5.55. The summed E-state index contributed by atoms with van der Waals surface area (Å²) in [7, 11) is 0. The number of carboxylic acids is 2. The van der Waals surface area contributed by atoms with E-state index < -0.39 is 29.3 Å². The number of ketones is 1. The molecule has 0 aliphatic carbocycles. The second kappa shape index (κ2) is 10.5. The van der Waals surface area contributed by atoms with Crippen LogP contribution in [0.5, 0.6) is 0 Å². The fourth-order valence-electron chi connectivity index (χ4n) is 3.08. The Hall–Kier alpha value is -2.43. The predicted octanol–water partition coefficient (Wildman–Crippen LogP) is 1.69. The Balaban J connectivity index is 2.93. The van der Waals surface area contributed by atoms with E-state index in [2.05, 4.69) is 13.5 Å². The van der Waals surface area contributed by atoms with Gasteiger partial charge in [0.25, 0.3) is 0 Å². The Morgan fingerprint density at radius 1 is 0.962 bits per heavy atom. The van der Waals surface area contributed by atoms with Gasteiger partial charge in [0.05, 0.1) is 17.4 Å². The van der Waals surface area contributed by atoms with Crippen LogP contribution in [0.1, 0.15) is 63.9 Å². The van der Waals surface area contributed by atoms with Crippen LogP contribution < -0.4 is 10.2 Å². The van der Waals surface area contributed by atoms with Crippen LogP contribution in [0.2, 0.25) is 0 Å². The van der Waals surface area contributed by atoms with Gasteiger partial charge in [0.1, 0.15) is 5.78 Å². The Kier molecular flexibility index (Phi) is 8.76. The number of carbonyl (C=O) groups excluding carboxylic acids is 3. The molecule has 1 atom stereocenters. The summed E-state index contributed by atoms with van der Waals surface area (Å²) < 4.78 is 0. The van der Waals surface area contributed by atoms with Crippen molar-refractivity contribution in [3.05, 3.63) is 48.0 Å². The minimum Gasteiger partial charge on any atom is -0.549 e. The molecule has 0 fully saturated rings. The van der Waals surface area contributed by atoms with Crippen LogP contribution in [-0.4, -0.2) is 17.7 Å². The van der Waals surface area contributed by atoms with Crippen molar-refractivity contribution in [3.63, 3.8) is 0 Å². The Morgan fingerprint density at radius 3 is 2.08 bits per heavy atom. The molecule has 0 N–H and O–H groups in total. The molecule has 0 bridgehead atoms. The molecule has 1 aromatic carbocycles. The van der Waals surface area contributed by atoms with Crippen LogP contribution in [0.15, 0.2) is 42.5 Å². The maximum atomic E-state index is 12.4. The van der Waals surface area contributed by atoms with Crippen LogP contribution in [0, 0.1) is 0 Å². The Labute approximate surface area is 154 Å². The molecule has 0 aromatic heterocycles. The van der Waals surface area contributed by atoms with Gasteiger partial charge in [-0.3, -0.25) is 4.79 Å². The maximum absolute atomic E-state index is 12.4. The van der Waals surface area contributed by atoms with Gasteiger partial charge < -0.3 is 19.8 Å². The van der Waals surface area contributed by atoms with E-state index in [4.69, 9.17) is 0 Å². The van der Waals surface area contributed by atoms with Crippen molar-refractivity contribution in [2.24, 2.45) is 0 Å². The van der Waals surface area contributed by atoms with E-state index in [9.17, 15) is 24.6 Å². The van der Waals surface area contributed by atoms with Gasteiger partial charge in [-0.2, -0.15) is 0 Å². The quantitative estimate of drug-likeness (QED) is 0.395. The normalized spacial score (nSPS) is 13.0. The second-order valence-corrected chi connectivity index (χ2v) is 6.56. The van der Waals surface area contributed by atoms with Gasteiger partial charge >= 0.3 is 0 Å². The van der Waals surface area contributed by atoms with Crippen LogP contribution >= 0.6 is 0 Å². The molecule has 0 heterocycles. The monoisotopic (exact) mass is 358 g/mol. The lowest BCUT2D eigenvalue weighted by Crippen LogP contribution is -2.52. The lowest BCUT2D eigenvalue weighted by molar-refractivity contribution is -0.317. The van der Waals surface area contributed by atoms with Crippen molar-refractivity contribution in [2.45, 2.75) is 63.7 Å². The molecular weight excluding hydrogens is 332 g/mol. The molecule has 0 aliphatic heterocycles. The van der Waals surface area contributed by atoms with Crippen molar-refractivity contribution >= 4 is 17.7 Å². The van der Waals surface area contributed by atoms with Gasteiger partial charge in [0, 0.05) is 12.8 Å². The van der Waals surface area contributed by atoms with E-state index in [1.165, 1.54) is 12.1 Å². The summed E-state index contributed by atoms with van der Waals surface area (Å²) in [5.41, 5.74) is -2.62. The van der Waals surface area contributed by atoms with E-state index >= 15 is 0 Å². The number of aliphatic carboxylic acids is 2. The van der Waals surface area contributed by atoms with Crippen molar-refractivity contribution in [1.82, 2.24) is 0 Å². The maximum Gasteiger partial charge on any atom is 0.134 e. The van der Waals surface area contributed by atoms with Gasteiger partial charge in [-0.05, 0) is 17.6 Å². The molecule has 26 heavy (non-hydrogen) atoms. The SMILES string of the molecule is C=C(C(=O)[O-])C(CC(=O)CCCCCCCC)(C(=O)[O-])c1ccccc1. The van der Waals surface area contributed by atoms with Gasteiger partial charge in [-0.15, -0.1) is 0 Å². The van der Waals surface area contributed by atoms with Crippen molar-refractivity contribution in [1.29, 1.82) is 0 Å². The van der Waals surface area contributed by atoms with Crippen LogP contribution in [0.3, 0.4) is 0 Å². The minimum atomic E-state index is -2.11. The largest absolute Gasteiger partial charge is 0.549 e. The number of carbonyl (C=O) groups is 3. The molecule has 0 radical (unpaired) electrons. The molecule has 142 valence electrons. The molecule has 1 unspecified atom stereocenters. The summed E-state index contributed by atoms with van der Waals surface area (Å²) in [6.45, 7) is 5.49. The average Bonchev–Trinajstić information content (AvgIpc) is 2.62. The number of benzene rings is 1. The molecule has 0 saturated carbocycles. The third-order valence-corrected chi connectivity index (χ3v) is 4.65. The summed E-state index contributed by atoms with van der Waals surface area (Å²) in [5, 5.41) is 23.3. The summed E-state index contributed by atoms with van der Waals surface area (Å²) in [6, 6.07) is 7.74. The zero-order valence-corrected chi connectivity index (χ0v) is 15.3. The molecule has 1 rings (SSSR count). The smallest absolute Gasteiger partial charge is 0.134 e. The summed E-state index contributed by atoms with van der Waals surface area (Å²) in [6.07, 6.45) is 5.66. The van der Waals surface area contributed by atoms with Crippen molar-refractivity contribution < 1.29 is 24.6 Å². The zero-order valence-electron chi connectivity index (χ0n) is 15.3. The molecule has 1 aromatic rings. The van der Waals surface area contributed by atoms with Gasteiger partial charge in [0.2, 0.25) is 0 Å². The number of carboxylic acid groups (broad SMARTS) is 2. The topological polar surface area (TPSA) is 97.3 Å². The third-order valence-electron chi connectivity index (χ3n) is 4.65. The first-order valence-electron chi connectivity index (χ1n) is 9.05. The first kappa shape index (κ1) is 21.6. The van der Waals surface area contributed by atoms with Crippen molar-refractivity contribution in [3.8, 4) is 0 Å². The zero-order chi connectivity index (χ0) is 19.6. The first-order chi connectivity index (χ1) is 12.4. The molecule has 5 nitrogen and oxygen atoms in total. The molecular formula is C21H26O5-2. The highest BCUT2D eigenvalue weighted by Gasteiger charge is 2.39. The van der Waals surface area contributed by atoms with Crippen LogP contribution in [0.25, 0.3) is 0 Å². The van der Waals surface area contributed by atoms with E-state index in [0.717, 1.165) is 32.1 Å². The van der Waals surface area contributed by atoms with E-state index in [-0.39, 0.29) is 17.8 Å². The van der Waals surface area contributed by atoms with E-state index in [1.807, 2.05) is 0 Å². The predicted molar refractivity (Wildman–Crippen MR) is 94.9 cm³/mol.